The molecule has 1 rings (SSSR count). The van der Waals surface area contributed by atoms with Crippen molar-refractivity contribution in [3.05, 3.63) is 32.9 Å². The average molecular weight is 251 g/mol. The second kappa shape index (κ2) is 5.64. The zero-order valence-corrected chi connectivity index (χ0v) is 9.20. The van der Waals surface area contributed by atoms with Crippen LogP contribution in [-0.2, 0) is 20.3 Å². The molecule has 1 aromatic rings. The Morgan fingerprint density at radius 1 is 1.50 bits per heavy atom. The van der Waals surface area contributed by atoms with Gasteiger partial charge in [-0.1, -0.05) is 4.52 Å². The largest absolute Gasteiger partial charge is 0.699 e. The van der Waals surface area contributed by atoms with Crippen LogP contribution in [0, 0.1) is 5.82 Å². The number of H-pyrrole nitrogens is 1. The molecule has 0 aliphatic heterocycles. The van der Waals surface area contributed by atoms with Crippen molar-refractivity contribution >= 4 is 8.25 Å². The van der Waals surface area contributed by atoms with E-state index < -0.39 is 32.1 Å². The van der Waals surface area contributed by atoms with E-state index in [9.17, 15) is 18.5 Å². The van der Waals surface area contributed by atoms with Crippen LogP contribution >= 0.6 is 8.25 Å². The van der Waals surface area contributed by atoms with Crippen LogP contribution in [0.3, 0.4) is 0 Å². The minimum absolute atomic E-state index is 0.185. The average Bonchev–Trinajstić information content (AvgIpc) is 2.22. The highest BCUT2D eigenvalue weighted by Crippen LogP contribution is 2.23. The van der Waals surface area contributed by atoms with Gasteiger partial charge in [-0.05, 0) is 6.92 Å². The number of halogens is 1. The van der Waals surface area contributed by atoms with Crippen LogP contribution in [0.15, 0.2) is 15.8 Å². The Bertz CT molecular complexity index is 496. The molecule has 1 unspecified atom stereocenters. The molecule has 7 nitrogen and oxygen atoms in total. The van der Waals surface area contributed by atoms with Crippen molar-refractivity contribution < 1.29 is 18.0 Å². The van der Waals surface area contributed by atoms with Gasteiger partial charge in [-0.3, -0.25) is 14.3 Å². The van der Waals surface area contributed by atoms with E-state index in [0.29, 0.717) is 6.20 Å². The van der Waals surface area contributed by atoms with Gasteiger partial charge in [-0.25, -0.2) is 4.79 Å². The van der Waals surface area contributed by atoms with Crippen LogP contribution in [0.2, 0.25) is 0 Å². The van der Waals surface area contributed by atoms with Gasteiger partial charge in [0.1, 0.15) is 6.61 Å². The van der Waals surface area contributed by atoms with E-state index in [4.69, 9.17) is 0 Å². The predicted molar refractivity (Wildman–Crippen MR) is 51.6 cm³/mol. The zero-order valence-electron chi connectivity index (χ0n) is 8.31. The molecule has 0 aromatic carbocycles. The molecule has 1 aromatic heterocycles. The highest BCUT2D eigenvalue weighted by atomic mass is 31.1. The topological polar surface area (TPSA) is 90.4 Å². The molecule has 0 saturated heterocycles. The van der Waals surface area contributed by atoms with Gasteiger partial charge in [0.25, 0.3) is 5.56 Å². The Morgan fingerprint density at radius 3 is 2.81 bits per heavy atom. The molecule has 0 saturated carbocycles. The fourth-order valence-corrected chi connectivity index (χ4v) is 1.33. The summed E-state index contributed by atoms with van der Waals surface area (Å²) < 4.78 is 33.6. The summed E-state index contributed by atoms with van der Waals surface area (Å²) in [6.07, 6.45) is 0.663. The molecule has 88 valence electrons. The molecule has 1 atom stereocenters. The quantitative estimate of drug-likeness (QED) is 0.762. The van der Waals surface area contributed by atoms with Gasteiger partial charge in [0.2, 0.25) is 5.82 Å². The lowest BCUT2D eigenvalue weighted by Crippen LogP contribution is -2.31. The summed E-state index contributed by atoms with van der Waals surface area (Å²) in [5.41, 5.74) is -1.97. The Hall–Kier alpha value is -1.37. The van der Waals surface area contributed by atoms with E-state index in [-0.39, 0.29) is 6.61 Å². The lowest BCUT2D eigenvalue weighted by molar-refractivity contribution is 0.184. The SMILES string of the molecule is CCO[P+](=O)OCn1cc(F)c(=O)[nH]c1=O. The predicted octanol–water partition coefficient (Wildman–Crippen LogP) is 0.344. The molecule has 1 heterocycles. The van der Waals surface area contributed by atoms with E-state index in [1.54, 1.807) is 11.9 Å². The summed E-state index contributed by atoms with van der Waals surface area (Å²) in [5, 5.41) is 0. The number of nitrogens with zero attached hydrogens (tertiary/aromatic N) is 1. The van der Waals surface area contributed by atoms with Gasteiger partial charge in [0.05, 0.1) is 6.20 Å². The van der Waals surface area contributed by atoms with Gasteiger partial charge in [0, 0.05) is 4.57 Å². The molecule has 1 N–H and O–H groups in total. The highest BCUT2D eigenvalue weighted by Gasteiger charge is 2.19. The van der Waals surface area contributed by atoms with Crippen molar-refractivity contribution in [1.29, 1.82) is 0 Å². The smallest absolute Gasteiger partial charge is 0.271 e. The molecule has 0 amide bonds. The van der Waals surface area contributed by atoms with Gasteiger partial charge < -0.3 is 0 Å². The maximum absolute atomic E-state index is 12.8. The number of hydrogen-bond donors (Lipinski definition) is 1. The molecule has 0 fully saturated rings. The number of aromatic amines is 1. The first kappa shape index (κ1) is 12.7. The standard InChI is InChI=1S/C7H8FN2O5P/c1-2-14-16(13)15-4-10-3-5(8)6(11)9-7(10)12/h3H,2,4H2,1H3/p+1. The molecular formula is C7H9FN2O5P+. The van der Waals surface area contributed by atoms with Crippen molar-refractivity contribution in [2.24, 2.45) is 0 Å². The maximum Gasteiger partial charge on any atom is 0.699 e. The summed E-state index contributed by atoms with van der Waals surface area (Å²) in [6, 6.07) is 0. The number of hydrogen-bond acceptors (Lipinski definition) is 5. The van der Waals surface area contributed by atoms with Crippen LogP contribution in [-0.4, -0.2) is 16.2 Å². The molecule has 0 bridgehead atoms. The molecule has 0 radical (unpaired) electrons. The van der Waals surface area contributed by atoms with Gasteiger partial charge in [-0.15, -0.1) is 4.52 Å². The van der Waals surface area contributed by atoms with E-state index in [2.05, 4.69) is 9.05 Å². The molecule has 0 aliphatic carbocycles. The van der Waals surface area contributed by atoms with E-state index in [1.807, 2.05) is 0 Å². The Kier molecular flexibility index (Phi) is 4.48. The van der Waals surface area contributed by atoms with Gasteiger partial charge in [-0.2, -0.15) is 4.39 Å². The molecule has 0 aliphatic rings. The zero-order chi connectivity index (χ0) is 12.1. The highest BCUT2D eigenvalue weighted by molar-refractivity contribution is 7.33. The summed E-state index contributed by atoms with van der Waals surface area (Å²) in [4.78, 5) is 23.5. The lowest BCUT2D eigenvalue weighted by atomic mass is 10.6. The number of rotatable bonds is 5. The second-order valence-electron chi connectivity index (χ2n) is 2.61. The Labute approximate surface area is 89.8 Å². The fraction of sp³-hybridized carbons (Fsp3) is 0.429. The van der Waals surface area contributed by atoms with E-state index >= 15 is 0 Å². The van der Waals surface area contributed by atoms with Crippen molar-refractivity contribution in [2.45, 2.75) is 13.7 Å². The first-order valence-electron chi connectivity index (χ1n) is 4.27. The van der Waals surface area contributed by atoms with Crippen molar-refractivity contribution in [3.63, 3.8) is 0 Å². The summed E-state index contributed by atoms with van der Waals surface area (Å²) >= 11 is 0. The van der Waals surface area contributed by atoms with Crippen molar-refractivity contribution in [1.82, 2.24) is 9.55 Å². The summed E-state index contributed by atoms with van der Waals surface area (Å²) in [6.45, 7) is 1.33. The minimum Gasteiger partial charge on any atom is -0.271 e. The van der Waals surface area contributed by atoms with E-state index in [0.717, 1.165) is 4.57 Å². The van der Waals surface area contributed by atoms with Crippen LogP contribution in [0.25, 0.3) is 0 Å². The monoisotopic (exact) mass is 251 g/mol. The van der Waals surface area contributed by atoms with Crippen molar-refractivity contribution in [2.75, 3.05) is 6.61 Å². The lowest BCUT2D eigenvalue weighted by Gasteiger charge is -1.98. The summed E-state index contributed by atoms with van der Waals surface area (Å²) in [5.74, 6) is -1.13. The first-order valence-corrected chi connectivity index (χ1v) is 5.36. The van der Waals surface area contributed by atoms with Gasteiger partial charge in [0.15, 0.2) is 6.73 Å². The van der Waals surface area contributed by atoms with Crippen LogP contribution in [0.5, 0.6) is 0 Å². The van der Waals surface area contributed by atoms with Crippen molar-refractivity contribution in [3.8, 4) is 0 Å². The second-order valence-corrected chi connectivity index (χ2v) is 3.57. The Balaban J connectivity index is 2.75. The third-order valence-electron chi connectivity index (χ3n) is 1.50. The van der Waals surface area contributed by atoms with Crippen LogP contribution in [0.1, 0.15) is 6.92 Å². The fourth-order valence-electron chi connectivity index (χ4n) is 0.831. The normalized spacial score (nSPS) is 11.5. The van der Waals surface area contributed by atoms with Crippen LogP contribution < -0.4 is 11.2 Å². The maximum atomic E-state index is 12.8. The molecule has 0 spiro atoms. The summed E-state index contributed by atoms with van der Waals surface area (Å²) in [7, 11) is -2.36. The van der Waals surface area contributed by atoms with Crippen LogP contribution in [0.4, 0.5) is 4.39 Å². The third-order valence-corrected chi connectivity index (χ3v) is 2.30. The number of aromatic nitrogens is 2. The van der Waals surface area contributed by atoms with Gasteiger partial charge >= 0.3 is 13.9 Å². The first-order chi connectivity index (χ1) is 7.54. The number of nitrogens with one attached hydrogen (secondary N) is 1. The third kappa shape index (κ3) is 3.34. The van der Waals surface area contributed by atoms with E-state index in [1.165, 1.54) is 0 Å². The Morgan fingerprint density at radius 2 is 2.19 bits per heavy atom. The molecule has 9 heteroatoms. The molecule has 16 heavy (non-hydrogen) atoms. The minimum atomic E-state index is -2.36. The molecular weight excluding hydrogens is 242 g/mol.